The maximum Gasteiger partial charge on any atom is 0.238 e. The minimum Gasteiger partial charge on any atom is -0.342 e. The van der Waals surface area contributed by atoms with E-state index in [-0.39, 0.29) is 16.1 Å². The highest BCUT2D eigenvalue weighted by Crippen LogP contribution is 2.30. The predicted molar refractivity (Wildman–Crippen MR) is 107 cm³/mol. The van der Waals surface area contributed by atoms with E-state index in [1.165, 1.54) is 23.9 Å². The summed E-state index contributed by atoms with van der Waals surface area (Å²) in [5, 5.41) is 5.75. The summed E-state index contributed by atoms with van der Waals surface area (Å²) in [4.78, 5) is 19.2. The Morgan fingerprint density at radius 3 is 2.67 bits per heavy atom. The zero-order valence-corrected chi connectivity index (χ0v) is 17.4. The molecule has 0 spiro atoms. The van der Waals surface area contributed by atoms with Crippen molar-refractivity contribution in [2.45, 2.75) is 61.4 Å². The molecule has 148 valence electrons. The molecule has 1 fully saturated rings. The van der Waals surface area contributed by atoms with Crippen LogP contribution in [0.15, 0.2) is 28.3 Å². The van der Waals surface area contributed by atoms with Gasteiger partial charge in [0.2, 0.25) is 15.9 Å². The molecule has 0 aliphatic carbocycles. The molecule has 2 aromatic rings. The molecule has 7 nitrogen and oxygen atoms in total. The number of primary sulfonamides is 1. The largest absolute Gasteiger partial charge is 0.342 e. The molecule has 2 N–H and O–H groups in total. The lowest BCUT2D eigenvalue weighted by Gasteiger charge is -2.20. The molecule has 1 aliphatic rings. The fourth-order valence-corrected chi connectivity index (χ4v) is 4.86. The molecule has 1 aromatic carbocycles. The first kappa shape index (κ1) is 20.2. The summed E-state index contributed by atoms with van der Waals surface area (Å²) < 4.78 is 25.4. The number of carbonyl (C=O) groups is 1. The van der Waals surface area contributed by atoms with Crippen LogP contribution in [0.3, 0.4) is 0 Å². The number of amides is 1. The van der Waals surface area contributed by atoms with E-state index in [2.05, 4.69) is 16.5 Å². The number of thioether (sulfide) groups is 1. The van der Waals surface area contributed by atoms with Gasteiger partial charge in [0.05, 0.1) is 21.2 Å². The van der Waals surface area contributed by atoms with Crippen LogP contribution in [0, 0.1) is 0 Å². The Balaban J connectivity index is 1.93. The maximum absolute atomic E-state index is 12.6. The molecule has 0 bridgehead atoms. The number of sulfonamides is 1. The molecule has 27 heavy (non-hydrogen) atoms. The number of likely N-dealkylation sites (tertiary alicyclic amines) is 1. The van der Waals surface area contributed by atoms with Crippen LogP contribution in [0.25, 0.3) is 11.0 Å². The van der Waals surface area contributed by atoms with Crippen molar-refractivity contribution in [1.29, 1.82) is 0 Å². The van der Waals surface area contributed by atoms with Gasteiger partial charge in [-0.15, -0.1) is 0 Å². The second-order valence-electron chi connectivity index (χ2n) is 6.89. The molecule has 1 saturated heterocycles. The number of benzene rings is 1. The summed E-state index contributed by atoms with van der Waals surface area (Å²) >= 11 is 1.43. The standard InChI is InChI=1S/C18H26N4O3S2/c1-3-4-11-22-16-8-7-14(27(19,24)25)12-15(16)20-18(22)26-13(2)17(23)21-9-5-6-10-21/h7-8,12-13H,3-6,9-11H2,1-2H3,(H2,19,24,25)/t13-/m0/s1. The number of unbranched alkanes of at least 4 members (excludes halogenated alkanes) is 1. The van der Waals surface area contributed by atoms with Crippen LogP contribution in [0.1, 0.15) is 39.5 Å². The van der Waals surface area contributed by atoms with E-state index in [1.807, 2.05) is 11.8 Å². The van der Waals surface area contributed by atoms with Crippen molar-refractivity contribution in [1.82, 2.24) is 14.5 Å². The quantitative estimate of drug-likeness (QED) is 0.708. The summed E-state index contributed by atoms with van der Waals surface area (Å²) in [6.45, 7) is 6.45. The zero-order chi connectivity index (χ0) is 19.6. The van der Waals surface area contributed by atoms with E-state index >= 15 is 0 Å². The second kappa shape index (κ2) is 8.20. The third kappa shape index (κ3) is 4.47. The van der Waals surface area contributed by atoms with Crippen molar-refractivity contribution >= 4 is 38.7 Å². The highest BCUT2D eigenvalue weighted by atomic mass is 32.2. The third-order valence-electron chi connectivity index (χ3n) is 4.80. The number of fused-ring (bicyclic) bond motifs is 1. The number of imidazole rings is 1. The van der Waals surface area contributed by atoms with Crippen molar-refractivity contribution in [3.05, 3.63) is 18.2 Å². The van der Waals surface area contributed by atoms with Crippen molar-refractivity contribution in [2.75, 3.05) is 13.1 Å². The first-order valence-electron chi connectivity index (χ1n) is 9.29. The third-order valence-corrected chi connectivity index (χ3v) is 6.78. The van der Waals surface area contributed by atoms with E-state index in [4.69, 9.17) is 5.14 Å². The first-order chi connectivity index (χ1) is 12.8. The Hall–Kier alpha value is -1.58. The predicted octanol–water partition coefficient (Wildman–Crippen LogP) is 2.59. The number of carbonyl (C=O) groups excluding carboxylic acids is 1. The van der Waals surface area contributed by atoms with Gasteiger partial charge in [-0.05, 0) is 44.4 Å². The van der Waals surface area contributed by atoms with Crippen molar-refractivity contribution in [3.63, 3.8) is 0 Å². The molecule has 2 heterocycles. The fourth-order valence-electron chi connectivity index (χ4n) is 3.29. The lowest BCUT2D eigenvalue weighted by atomic mass is 10.3. The van der Waals surface area contributed by atoms with Gasteiger partial charge in [0.15, 0.2) is 5.16 Å². The van der Waals surface area contributed by atoms with Crippen LogP contribution in [0.4, 0.5) is 0 Å². The molecule has 1 atom stereocenters. The normalized spacial score (nSPS) is 16.2. The van der Waals surface area contributed by atoms with E-state index < -0.39 is 10.0 Å². The Labute approximate surface area is 164 Å². The molecular weight excluding hydrogens is 384 g/mol. The van der Waals surface area contributed by atoms with Gasteiger partial charge in [-0.3, -0.25) is 4.79 Å². The average Bonchev–Trinajstić information content (AvgIpc) is 3.26. The van der Waals surface area contributed by atoms with Crippen molar-refractivity contribution < 1.29 is 13.2 Å². The summed E-state index contributed by atoms with van der Waals surface area (Å²) in [7, 11) is -3.78. The van der Waals surface area contributed by atoms with Crippen LogP contribution in [-0.2, 0) is 21.4 Å². The lowest BCUT2D eigenvalue weighted by Crippen LogP contribution is -2.34. The van der Waals surface area contributed by atoms with E-state index in [9.17, 15) is 13.2 Å². The first-order valence-corrected chi connectivity index (χ1v) is 11.7. The zero-order valence-electron chi connectivity index (χ0n) is 15.7. The SMILES string of the molecule is CCCCn1c(S[C@@H](C)C(=O)N2CCCC2)nc2cc(S(N)(=O)=O)ccc21. The van der Waals surface area contributed by atoms with Crippen LogP contribution in [-0.4, -0.2) is 47.1 Å². The molecule has 1 amide bonds. The molecular formula is C18H26N4O3S2. The number of aromatic nitrogens is 2. The highest BCUT2D eigenvalue weighted by molar-refractivity contribution is 8.00. The van der Waals surface area contributed by atoms with Crippen LogP contribution < -0.4 is 5.14 Å². The minimum atomic E-state index is -3.78. The summed E-state index contributed by atoms with van der Waals surface area (Å²) in [6.07, 6.45) is 4.13. The average molecular weight is 411 g/mol. The van der Waals surface area contributed by atoms with Crippen LogP contribution >= 0.6 is 11.8 Å². The Bertz CT molecular complexity index is 933. The van der Waals surface area contributed by atoms with Gasteiger partial charge in [-0.1, -0.05) is 25.1 Å². The van der Waals surface area contributed by atoms with Crippen LogP contribution in [0.5, 0.6) is 0 Å². The van der Waals surface area contributed by atoms with Gasteiger partial charge >= 0.3 is 0 Å². The van der Waals surface area contributed by atoms with Crippen molar-refractivity contribution in [3.8, 4) is 0 Å². The minimum absolute atomic E-state index is 0.0490. The molecule has 0 unspecified atom stereocenters. The number of hydrogen-bond donors (Lipinski definition) is 1. The number of aryl methyl sites for hydroxylation is 1. The van der Waals surface area contributed by atoms with E-state index in [0.717, 1.165) is 56.0 Å². The van der Waals surface area contributed by atoms with Gasteiger partial charge in [-0.2, -0.15) is 0 Å². The summed E-state index contributed by atoms with van der Waals surface area (Å²) in [5.41, 5.74) is 1.44. The van der Waals surface area contributed by atoms with Gasteiger partial charge in [0.1, 0.15) is 0 Å². The Morgan fingerprint density at radius 2 is 2.04 bits per heavy atom. The fraction of sp³-hybridized carbons (Fsp3) is 0.556. The topological polar surface area (TPSA) is 98.3 Å². The highest BCUT2D eigenvalue weighted by Gasteiger charge is 2.26. The summed E-state index contributed by atoms with van der Waals surface area (Å²) in [6, 6.07) is 4.76. The van der Waals surface area contributed by atoms with Gasteiger partial charge in [0.25, 0.3) is 0 Å². The second-order valence-corrected chi connectivity index (χ2v) is 9.76. The number of nitrogens with zero attached hydrogens (tertiary/aromatic N) is 3. The smallest absolute Gasteiger partial charge is 0.238 e. The van der Waals surface area contributed by atoms with Gasteiger partial charge in [0, 0.05) is 19.6 Å². The maximum atomic E-state index is 12.6. The molecule has 0 radical (unpaired) electrons. The molecule has 0 saturated carbocycles. The molecule has 9 heteroatoms. The Kier molecular flexibility index (Phi) is 6.12. The van der Waals surface area contributed by atoms with E-state index in [0.29, 0.717) is 5.52 Å². The van der Waals surface area contributed by atoms with Gasteiger partial charge < -0.3 is 9.47 Å². The summed E-state index contributed by atoms with van der Waals surface area (Å²) in [5.74, 6) is 0.136. The number of hydrogen-bond acceptors (Lipinski definition) is 5. The number of rotatable bonds is 7. The van der Waals surface area contributed by atoms with Gasteiger partial charge in [-0.25, -0.2) is 18.5 Å². The Morgan fingerprint density at radius 1 is 1.33 bits per heavy atom. The monoisotopic (exact) mass is 410 g/mol. The molecule has 3 rings (SSSR count). The lowest BCUT2D eigenvalue weighted by molar-refractivity contribution is -0.129. The molecule has 1 aromatic heterocycles. The molecule has 1 aliphatic heterocycles. The van der Waals surface area contributed by atoms with Crippen molar-refractivity contribution in [2.24, 2.45) is 5.14 Å². The van der Waals surface area contributed by atoms with E-state index in [1.54, 1.807) is 6.07 Å². The van der Waals surface area contributed by atoms with Crippen LogP contribution in [0.2, 0.25) is 0 Å². The number of nitrogens with two attached hydrogens (primary N) is 1.